The quantitative estimate of drug-likeness (QED) is 0.440. The molecule has 0 amide bonds. The van der Waals surface area contributed by atoms with E-state index in [1.54, 1.807) is 12.1 Å². The van der Waals surface area contributed by atoms with Gasteiger partial charge in [-0.2, -0.15) is 0 Å². The maximum atomic E-state index is 12.9. The Hall–Kier alpha value is -3.41. The topological polar surface area (TPSA) is 51.4 Å². The minimum atomic E-state index is -0.254. The largest absolute Gasteiger partial charge is 0.378 e. The second-order valence-electron chi connectivity index (χ2n) is 6.48. The number of hydrogen-bond acceptors (Lipinski definition) is 5. The molecule has 0 radical (unpaired) electrons. The van der Waals surface area contributed by atoms with Crippen molar-refractivity contribution in [2.75, 3.05) is 40.7 Å². The van der Waals surface area contributed by atoms with Crippen LogP contribution in [0.3, 0.4) is 0 Å². The van der Waals surface area contributed by atoms with E-state index in [2.05, 4.69) is 38.7 Å². The van der Waals surface area contributed by atoms with Gasteiger partial charge in [0.05, 0.1) is 22.7 Å². The van der Waals surface area contributed by atoms with Gasteiger partial charge in [0.1, 0.15) is 5.82 Å². The molecule has 0 saturated heterocycles. The van der Waals surface area contributed by atoms with Crippen molar-refractivity contribution in [1.82, 2.24) is 0 Å². The van der Waals surface area contributed by atoms with Crippen LogP contribution in [0.2, 0.25) is 0 Å². The average molecular weight is 365 g/mol. The Morgan fingerprint density at radius 2 is 1.19 bits per heavy atom. The molecular weight excluding hydrogens is 341 g/mol. The summed E-state index contributed by atoms with van der Waals surface area (Å²) < 4.78 is 12.9. The van der Waals surface area contributed by atoms with Crippen LogP contribution in [0.5, 0.6) is 0 Å². The zero-order valence-corrected chi connectivity index (χ0v) is 15.7. The smallest absolute Gasteiger partial charge is 0.123 e. The lowest BCUT2D eigenvalue weighted by atomic mass is 10.2. The molecule has 0 fully saturated rings. The highest BCUT2D eigenvalue weighted by Gasteiger charge is 2.01. The molecule has 0 spiro atoms. The van der Waals surface area contributed by atoms with Crippen LogP contribution in [0.25, 0.3) is 0 Å². The molecule has 0 aliphatic carbocycles. The third kappa shape index (κ3) is 5.04. The summed E-state index contributed by atoms with van der Waals surface area (Å²) >= 11 is 0. The summed E-state index contributed by atoms with van der Waals surface area (Å²) in [6.45, 7) is 2.02. The Balaban J connectivity index is 1.56. The van der Waals surface area contributed by atoms with E-state index in [9.17, 15) is 4.39 Å². The maximum absolute atomic E-state index is 12.9. The molecule has 0 aromatic heterocycles. The number of nitrogens with one attached hydrogen (secondary N) is 4. The highest BCUT2D eigenvalue weighted by molar-refractivity contribution is 5.63. The van der Waals surface area contributed by atoms with Crippen LogP contribution in [-0.2, 0) is 0 Å². The van der Waals surface area contributed by atoms with Crippen LogP contribution in [0.1, 0.15) is 5.56 Å². The second kappa shape index (κ2) is 8.31. The number of halogens is 1. The number of aryl methyl sites for hydroxylation is 1. The summed E-state index contributed by atoms with van der Waals surface area (Å²) in [7, 11) is 4.04. The first-order chi connectivity index (χ1) is 13.0. The lowest BCUT2D eigenvalue weighted by Gasteiger charge is -2.16. The van der Waals surface area contributed by atoms with Crippen LogP contribution in [0.15, 0.2) is 66.7 Å². The molecule has 0 aliphatic rings. The highest BCUT2D eigenvalue weighted by atomic mass is 19.1. The van der Waals surface area contributed by atoms with Crippen molar-refractivity contribution in [3.8, 4) is 0 Å². The molecule has 0 saturated carbocycles. The van der Waals surface area contributed by atoms with E-state index < -0.39 is 0 Å². The summed E-state index contributed by atoms with van der Waals surface area (Å²) in [5, 5.41) is 0. The van der Waals surface area contributed by atoms with Crippen molar-refractivity contribution < 1.29 is 4.39 Å². The van der Waals surface area contributed by atoms with E-state index in [-0.39, 0.29) is 5.82 Å². The van der Waals surface area contributed by atoms with Gasteiger partial charge in [-0.1, -0.05) is 0 Å². The normalized spacial score (nSPS) is 10.2. The van der Waals surface area contributed by atoms with Gasteiger partial charge in [0.15, 0.2) is 0 Å². The van der Waals surface area contributed by atoms with E-state index in [1.807, 2.05) is 51.4 Å². The molecule has 3 rings (SSSR count). The Morgan fingerprint density at radius 1 is 0.667 bits per heavy atom. The first-order valence-electron chi connectivity index (χ1n) is 8.69. The SMILES string of the molecule is Cc1cc(NNc2ccc(N(C)C)cc2)ccc1NNc1ccc(F)cc1. The summed E-state index contributed by atoms with van der Waals surface area (Å²) in [5.74, 6) is -0.254. The van der Waals surface area contributed by atoms with E-state index >= 15 is 0 Å². The molecule has 140 valence electrons. The van der Waals surface area contributed by atoms with Crippen LogP contribution < -0.4 is 26.6 Å². The third-order valence-electron chi connectivity index (χ3n) is 4.15. The van der Waals surface area contributed by atoms with E-state index in [0.717, 1.165) is 34.0 Å². The number of rotatable bonds is 7. The van der Waals surface area contributed by atoms with Gasteiger partial charge < -0.3 is 26.6 Å². The van der Waals surface area contributed by atoms with Gasteiger partial charge in [-0.25, -0.2) is 4.39 Å². The van der Waals surface area contributed by atoms with E-state index in [4.69, 9.17) is 0 Å². The molecule has 4 N–H and O–H groups in total. The molecule has 0 aliphatic heterocycles. The minimum Gasteiger partial charge on any atom is -0.378 e. The molecule has 5 nitrogen and oxygen atoms in total. The lowest BCUT2D eigenvalue weighted by molar-refractivity contribution is 0.628. The van der Waals surface area contributed by atoms with Crippen LogP contribution in [0.4, 0.5) is 32.8 Å². The summed E-state index contributed by atoms with van der Waals surface area (Å²) in [6, 6.07) is 20.4. The zero-order chi connectivity index (χ0) is 19.2. The summed E-state index contributed by atoms with van der Waals surface area (Å²) in [5.41, 5.74) is 18.5. The van der Waals surface area contributed by atoms with E-state index in [1.165, 1.54) is 12.1 Å². The predicted molar refractivity (Wildman–Crippen MR) is 113 cm³/mol. The minimum absolute atomic E-state index is 0.254. The van der Waals surface area contributed by atoms with Gasteiger partial charge in [-0.15, -0.1) is 0 Å². The Labute approximate surface area is 159 Å². The van der Waals surface area contributed by atoms with Crippen molar-refractivity contribution >= 4 is 28.4 Å². The van der Waals surface area contributed by atoms with Crippen molar-refractivity contribution in [2.24, 2.45) is 0 Å². The molecule has 3 aromatic rings. The molecule has 0 unspecified atom stereocenters. The summed E-state index contributed by atoms with van der Waals surface area (Å²) in [4.78, 5) is 2.06. The Bertz CT molecular complexity index is 876. The van der Waals surface area contributed by atoms with Crippen LogP contribution in [0, 0.1) is 12.7 Å². The van der Waals surface area contributed by atoms with Gasteiger partial charge >= 0.3 is 0 Å². The maximum Gasteiger partial charge on any atom is 0.123 e. The van der Waals surface area contributed by atoms with Gasteiger partial charge in [-0.3, -0.25) is 0 Å². The molecular formula is C21H24FN5. The van der Waals surface area contributed by atoms with Gasteiger partial charge in [0, 0.05) is 19.8 Å². The Kier molecular flexibility index (Phi) is 5.66. The number of anilines is 5. The molecule has 0 heterocycles. The highest BCUT2D eigenvalue weighted by Crippen LogP contribution is 2.21. The monoisotopic (exact) mass is 365 g/mol. The number of hydrogen-bond donors (Lipinski definition) is 4. The number of hydrazine groups is 2. The fraction of sp³-hybridized carbons (Fsp3) is 0.143. The second-order valence-corrected chi connectivity index (χ2v) is 6.48. The first kappa shape index (κ1) is 18.4. The standard InChI is InChI=1S/C21H24FN5/c1-15-14-19(25-23-18-8-11-20(12-9-18)27(2)3)10-13-21(15)26-24-17-6-4-16(22)5-7-17/h4-14,23-26H,1-3H3. The van der Waals surface area contributed by atoms with Crippen LogP contribution in [-0.4, -0.2) is 14.1 Å². The first-order valence-corrected chi connectivity index (χ1v) is 8.69. The van der Waals surface area contributed by atoms with Gasteiger partial charge in [0.2, 0.25) is 0 Å². The summed E-state index contributed by atoms with van der Waals surface area (Å²) in [6.07, 6.45) is 0. The van der Waals surface area contributed by atoms with Crippen molar-refractivity contribution in [2.45, 2.75) is 6.92 Å². The number of benzene rings is 3. The molecule has 3 aromatic carbocycles. The van der Waals surface area contributed by atoms with E-state index in [0.29, 0.717) is 0 Å². The van der Waals surface area contributed by atoms with Crippen molar-refractivity contribution in [3.63, 3.8) is 0 Å². The van der Waals surface area contributed by atoms with Gasteiger partial charge in [-0.05, 0) is 79.2 Å². The molecule has 0 bridgehead atoms. The Morgan fingerprint density at radius 3 is 1.78 bits per heavy atom. The van der Waals surface area contributed by atoms with Crippen molar-refractivity contribution in [3.05, 3.63) is 78.1 Å². The molecule has 27 heavy (non-hydrogen) atoms. The predicted octanol–water partition coefficient (Wildman–Crippen LogP) is 5.08. The fourth-order valence-corrected chi connectivity index (χ4v) is 2.54. The zero-order valence-electron chi connectivity index (χ0n) is 15.7. The van der Waals surface area contributed by atoms with Gasteiger partial charge in [0.25, 0.3) is 0 Å². The molecule has 0 atom stereocenters. The average Bonchev–Trinajstić information content (AvgIpc) is 2.67. The lowest BCUT2D eigenvalue weighted by Crippen LogP contribution is -2.12. The number of nitrogens with zero attached hydrogens (tertiary/aromatic N) is 1. The van der Waals surface area contributed by atoms with Crippen molar-refractivity contribution in [1.29, 1.82) is 0 Å². The van der Waals surface area contributed by atoms with Crippen LogP contribution >= 0.6 is 0 Å². The third-order valence-corrected chi connectivity index (χ3v) is 4.15. The fourth-order valence-electron chi connectivity index (χ4n) is 2.54. The molecule has 6 heteroatoms.